The van der Waals surface area contributed by atoms with E-state index in [0.717, 1.165) is 39.0 Å². The molecule has 1 unspecified atom stereocenters. The minimum atomic E-state index is -0.194. The van der Waals surface area contributed by atoms with Gasteiger partial charge < -0.3 is 15.5 Å². The average Bonchev–Trinajstić information content (AvgIpc) is 3.16. The number of carbonyl (C=O) groups excluding carboxylic acids is 2. The van der Waals surface area contributed by atoms with E-state index >= 15 is 0 Å². The molecule has 112 valence electrons. The normalized spacial score (nSPS) is 24.5. The highest BCUT2D eigenvalue weighted by Gasteiger charge is 2.41. The van der Waals surface area contributed by atoms with Crippen LogP contribution in [0.25, 0.3) is 0 Å². The lowest BCUT2D eigenvalue weighted by Crippen LogP contribution is -2.40. The molecule has 2 aliphatic rings. The van der Waals surface area contributed by atoms with Crippen LogP contribution in [0.15, 0.2) is 30.3 Å². The molecule has 1 aromatic carbocycles. The van der Waals surface area contributed by atoms with Gasteiger partial charge in [-0.15, -0.1) is 0 Å². The SMILES string of the molecule is O=C(NCC(=O)N1CCC2(CCNC2)C1)c1ccccc1. The second kappa shape index (κ2) is 5.85. The summed E-state index contributed by atoms with van der Waals surface area (Å²) in [7, 11) is 0. The summed E-state index contributed by atoms with van der Waals surface area (Å²) in [5, 5.41) is 6.09. The molecule has 5 heteroatoms. The first-order chi connectivity index (χ1) is 10.2. The number of likely N-dealkylation sites (tertiary alicyclic amines) is 1. The van der Waals surface area contributed by atoms with E-state index in [1.165, 1.54) is 0 Å². The van der Waals surface area contributed by atoms with Crippen molar-refractivity contribution in [1.29, 1.82) is 0 Å². The van der Waals surface area contributed by atoms with E-state index in [1.54, 1.807) is 12.1 Å². The van der Waals surface area contributed by atoms with E-state index < -0.39 is 0 Å². The van der Waals surface area contributed by atoms with Crippen LogP contribution < -0.4 is 10.6 Å². The lowest BCUT2D eigenvalue weighted by Gasteiger charge is -2.22. The zero-order valence-corrected chi connectivity index (χ0v) is 12.1. The number of nitrogens with zero attached hydrogens (tertiary/aromatic N) is 1. The molecule has 1 atom stereocenters. The topological polar surface area (TPSA) is 61.4 Å². The molecule has 2 amide bonds. The largest absolute Gasteiger partial charge is 0.343 e. The third-order valence-corrected chi connectivity index (χ3v) is 4.56. The smallest absolute Gasteiger partial charge is 0.251 e. The van der Waals surface area contributed by atoms with Gasteiger partial charge in [0.05, 0.1) is 6.54 Å². The van der Waals surface area contributed by atoms with Gasteiger partial charge in [-0.25, -0.2) is 0 Å². The Labute approximate surface area is 124 Å². The molecule has 0 bridgehead atoms. The summed E-state index contributed by atoms with van der Waals surface area (Å²) in [6.45, 7) is 3.76. The first-order valence-electron chi connectivity index (χ1n) is 7.50. The molecule has 0 saturated carbocycles. The first-order valence-corrected chi connectivity index (χ1v) is 7.50. The molecule has 2 heterocycles. The molecule has 0 radical (unpaired) electrons. The predicted molar refractivity (Wildman–Crippen MR) is 79.9 cm³/mol. The molecule has 0 aromatic heterocycles. The van der Waals surface area contributed by atoms with Crippen LogP contribution in [0.5, 0.6) is 0 Å². The van der Waals surface area contributed by atoms with E-state index in [2.05, 4.69) is 10.6 Å². The van der Waals surface area contributed by atoms with Crippen LogP contribution in [0.4, 0.5) is 0 Å². The van der Waals surface area contributed by atoms with Crippen LogP contribution in [0, 0.1) is 5.41 Å². The minimum Gasteiger partial charge on any atom is -0.343 e. The Balaban J connectivity index is 1.50. The Hall–Kier alpha value is -1.88. The van der Waals surface area contributed by atoms with Gasteiger partial charge in [-0.2, -0.15) is 0 Å². The van der Waals surface area contributed by atoms with Crippen LogP contribution in [0.1, 0.15) is 23.2 Å². The van der Waals surface area contributed by atoms with E-state index in [4.69, 9.17) is 0 Å². The standard InChI is InChI=1S/C16H21N3O2/c20-14(10-18-15(21)13-4-2-1-3-5-13)19-9-7-16(12-19)6-8-17-11-16/h1-5,17H,6-12H2,(H,18,21). The molecule has 2 fully saturated rings. The lowest BCUT2D eigenvalue weighted by molar-refractivity contribution is -0.129. The monoisotopic (exact) mass is 287 g/mol. The molecule has 21 heavy (non-hydrogen) atoms. The summed E-state index contributed by atoms with van der Waals surface area (Å²) in [6, 6.07) is 8.98. The van der Waals surface area contributed by atoms with E-state index in [0.29, 0.717) is 5.56 Å². The van der Waals surface area contributed by atoms with Gasteiger partial charge in [-0.05, 0) is 31.5 Å². The highest BCUT2D eigenvalue weighted by molar-refractivity contribution is 5.96. The Morgan fingerprint density at radius 3 is 2.76 bits per heavy atom. The van der Waals surface area contributed by atoms with Crippen molar-refractivity contribution in [3.8, 4) is 0 Å². The number of benzene rings is 1. The van der Waals surface area contributed by atoms with Gasteiger partial charge in [-0.3, -0.25) is 9.59 Å². The molecule has 3 rings (SSSR count). The first kappa shape index (κ1) is 14.1. The highest BCUT2D eigenvalue weighted by atomic mass is 16.2. The van der Waals surface area contributed by atoms with Crippen molar-refractivity contribution >= 4 is 11.8 Å². The van der Waals surface area contributed by atoms with Gasteiger partial charge >= 0.3 is 0 Å². The number of hydrogen-bond donors (Lipinski definition) is 2. The van der Waals surface area contributed by atoms with Gasteiger partial charge in [0.1, 0.15) is 0 Å². The summed E-state index contributed by atoms with van der Waals surface area (Å²) in [5.74, 6) is -0.177. The van der Waals surface area contributed by atoms with Crippen LogP contribution >= 0.6 is 0 Å². The van der Waals surface area contributed by atoms with Crippen LogP contribution in [0.2, 0.25) is 0 Å². The Kier molecular flexibility index (Phi) is 3.92. The van der Waals surface area contributed by atoms with Crippen LogP contribution in [-0.4, -0.2) is 49.4 Å². The van der Waals surface area contributed by atoms with Crippen LogP contribution in [-0.2, 0) is 4.79 Å². The lowest BCUT2D eigenvalue weighted by atomic mass is 9.87. The third-order valence-electron chi connectivity index (χ3n) is 4.56. The number of amides is 2. The summed E-state index contributed by atoms with van der Waals surface area (Å²) >= 11 is 0. The highest BCUT2D eigenvalue weighted by Crippen LogP contribution is 2.35. The van der Waals surface area contributed by atoms with Gasteiger partial charge in [0.15, 0.2) is 0 Å². The van der Waals surface area contributed by atoms with Gasteiger partial charge in [0.2, 0.25) is 5.91 Å². The van der Waals surface area contributed by atoms with Crippen molar-refractivity contribution in [2.45, 2.75) is 12.8 Å². The summed E-state index contributed by atoms with van der Waals surface area (Å²) < 4.78 is 0. The molecule has 1 aromatic rings. The van der Waals surface area contributed by atoms with E-state index in [9.17, 15) is 9.59 Å². The quantitative estimate of drug-likeness (QED) is 0.857. The minimum absolute atomic E-state index is 0.0167. The predicted octanol–water partition coefficient (Wildman–Crippen LogP) is 0.628. The zero-order valence-electron chi connectivity index (χ0n) is 12.1. The summed E-state index contributed by atoms with van der Waals surface area (Å²) in [6.07, 6.45) is 2.21. The Morgan fingerprint density at radius 1 is 1.24 bits per heavy atom. The molecule has 2 N–H and O–H groups in total. The Morgan fingerprint density at radius 2 is 2.05 bits per heavy atom. The summed E-state index contributed by atoms with van der Waals surface area (Å²) in [4.78, 5) is 26.0. The fourth-order valence-electron chi connectivity index (χ4n) is 3.25. The second-order valence-electron chi connectivity index (χ2n) is 6.04. The van der Waals surface area contributed by atoms with E-state index in [-0.39, 0.29) is 23.8 Å². The van der Waals surface area contributed by atoms with Crippen molar-refractivity contribution < 1.29 is 9.59 Å². The van der Waals surface area contributed by atoms with Gasteiger partial charge in [0.25, 0.3) is 5.91 Å². The molecule has 0 aliphatic carbocycles. The van der Waals surface area contributed by atoms with Gasteiger partial charge in [-0.1, -0.05) is 18.2 Å². The fourth-order valence-corrected chi connectivity index (χ4v) is 3.25. The average molecular weight is 287 g/mol. The maximum atomic E-state index is 12.2. The van der Waals surface area contributed by atoms with Gasteiger partial charge in [0, 0.05) is 30.6 Å². The number of nitrogens with one attached hydrogen (secondary N) is 2. The second-order valence-corrected chi connectivity index (χ2v) is 6.04. The maximum absolute atomic E-state index is 12.2. The summed E-state index contributed by atoms with van der Waals surface area (Å²) in [5.41, 5.74) is 0.863. The van der Waals surface area contributed by atoms with Crippen molar-refractivity contribution in [2.75, 3.05) is 32.7 Å². The molecule has 2 aliphatic heterocycles. The zero-order chi connectivity index (χ0) is 14.7. The van der Waals surface area contributed by atoms with Crippen molar-refractivity contribution in [1.82, 2.24) is 15.5 Å². The molecule has 2 saturated heterocycles. The number of hydrogen-bond acceptors (Lipinski definition) is 3. The van der Waals surface area contributed by atoms with E-state index in [1.807, 2.05) is 23.1 Å². The number of rotatable bonds is 3. The van der Waals surface area contributed by atoms with Crippen molar-refractivity contribution in [3.05, 3.63) is 35.9 Å². The van der Waals surface area contributed by atoms with Crippen LogP contribution in [0.3, 0.4) is 0 Å². The molecule has 1 spiro atoms. The fraction of sp³-hybridized carbons (Fsp3) is 0.500. The molecular weight excluding hydrogens is 266 g/mol. The van der Waals surface area contributed by atoms with Crippen molar-refractivity contribution in [2.24, 2.45) is 5.41 Å². The maximum Gasteiger partial charge on any atom is 0.251 e. The molecule has 5 nitrogen and oxygen atoms in total. The number of carbonyl (C=O) groups is 2. The van der Waals surface area contributed by atoms with Crippen molar-refractivity contribution in [3.63, 3.8) is 0 Å². The third kappa shape index (κ3) is 3.08. The molecular formula is C16H21N3O2. The Bertz CT molecular complexity index is 524.